The summed E-state index contributed by atoms with van der Waals surface area (Å²) in [7, 11) is 0. The molecule has 3 nitrogen and oxygen atoms in total. The van der Waals surface area contributed by atoms with Crippen molar-refractivity contribution in [3.05, 3.63) is 29.3 Å². The third-order valence-electron chi connectivity index (χ3n) is 3.18. The van der Waals surface area contributed by atoms with Gasteiger partial charge in [-0.15, -0.1) is 11.8 Å². The predicted octanol–water partition coefficient (Wildman–Crippen LogP) is 3.35. The molecule has 1 amide bonds. The Morgan fingerprint density at radius 1 is 1.40 bits per heavy atom. The van der Waals surface area contributed by atoms with Crippen molar-refractivity contribution in [3.63, 3.8) is 0 Å². The van der Waals surface area contributed by atoms with Gasteiger partial charge < -0.3 is 10.4 Å². The van der Waals surface area contributed by atoms with Crippen molar-refractivity contribution >= 4 is 29.3 Å². The van der Waals surface area contributed by atoms with Crippen LogP contribution in [0.5, 0.6) is 0 Å². The molecular formula is C15H22ClNO2S. The lowest BCUT2D eigenvalue weighted by atomic mass is 10.0. The topological polar surface area (TPSA) is 49.3 Å². The van der Waals surface area contributed by atoms with Crippen LogP contribution in [0, 0.1) is 5.92 Å². The molecule has 0 saturated heterocycles. The lowest BCUT2D eigenvalue weighted by Crippen LogP contribution is -2.34. The summed E-state index contributed by atoms with van der Waals surface area (Å²) in [5.74, 6) is 0.373. The molecule has 2 N–H and O–H groups in total. The standard InChI is InChI=1S/C15H22ClNO2S/c1-3-12(8-9-18)10-17-15(19)11(2)20-14-6-4-13(16)5-7-14/h4-7,11-12,18H,3,8-10H2,1-2H3,(H,17,19). The van der Waals surface area contributed by atoms with Crippen LogP contribution in [0.3, 0.4) is 0 Å². The molecular weight excluding hydrogens is 294 g/mol. The van der Waals surface area contributed by atoms with Crippen LogP contribution in [0.25, 0.3) is 0 Å². The smallest absolute Gasteiger partial charge is 0.233 e. The van der Waals surface area contributed by atoms with E-state index in [2.05, 4.69) is 12.2 Å². The number of hydrogen-bond acceptors (Lipinski definition) is 3. The van der Waals surface area contributed by atoms with E-state index in [1.54, 1.807) is 0 Å². The van der Waals surface area contributed by atoms with Gasteiger partial charge in [0, 0.05) is 23.1 Å². The van der Waals surface area contributed by atoms with Crippen LogP contribution >= 0.6 is 23.4 Å². The fraction of sp³-hybridized carbons (Fsp3) is 0.533. The van der Waals surface area contributed by atoms with E-state index in [9.17, 15) is 4.79 Å². The van der Waals surface area contributed by atoms with Gasteiger partial charge in [0.15, 0.2) is 0 Å². The quantitative estimate of drug-likeness (QED) is 0.723. The van der Waals surface area contributed by atoms with Crippen LogP contribution in [0.2, 0.25) is 5.02 Å². The SMILES string of the molecule is CCC(CCO)CNC(=O)C(C)Sc1ccc(Cl)cc1. The lowest BCUT2D eigenvalue weighted by Gasteiger charge is -2.17. The van der Waals surface area contributed by atoms with E-state index in [0.717, 1.165) is 17.7 Å². The van der Waals surface area contributed by atoms with Crippen LogP contribution in [-0.4, -0.2) is 29.4 Å². The maximum atomic E-state index is 12.0. The highest BCUT2D eigenvalue weighted by Crippen LogP contribution is 2.24. The first-order valence-electron chi connectivity index (χ1n) is 6.87. The van der Waals surface area contributed by atoms with Gasteiger partial charge in [-0.3, -0.25) is 4.79 Å². The minimum atomic E-state index is -0.150. The minimum Gasteiger partial charge on any atom is -0.396 e. The van der Waals surface area contributed by atoms with E-state index in [1.807, 2.05) is 31.2 Å². The zero-order valence-corrected chi connectivity index (χ0v) is 13.5. The summed E-state index contributed by atoms with van der Waals surface area (Å²) in [5.41, 5.74) is 0. The van der Waals surface area contributed by atoms with E-state index < -0.39 is 0 Å². The molecule has 1 aromatic rings. The van der Waals surface area contributed by atoms with Gasteiger partial charge in [-0.05, 0) is 43.5 Å². The number of hydrogen-bond donors (Lipinski definition) is 2. The number of benzene rings is 1. The molecule has 0 saturated carbocycles. The third-order valence-corrected chi connectivity index (χ3v) is 4.54. The fourth-order valence-corrected chi connectivity index (χ4v) is 2.81. The Morgan fingerprint density at radius 3 is 2.60 bits per heavy atom. The van der Waals surface area contributed by atoms with Crippen molar-refractivity contribution in [1.82, 2.24) is 5.32 Å². The van der Waals surface area contributed by atoms with Crippen LogP contribution in [0.15, 0.2) is 29.2 Å². The molecule has 0 spiro atoms. The van der Waals surface area contributed by atoms with E-state index in [-0.39, 0.29) is 17.8 Å². The zero-order valence-electron chi connectivity index (χ0n) is 11.9. The Hall–Kier alpha value is -0.710. The summed E-state index contributed by atoms with van der Waals surface area (Å²) in [6.07, 6.45) is 1.69. The zero-order chi connectivity index (χ0) is 15.0. The van der Waals surface area contributed by atoms with Gasteiger partial charge in [-0.2, -0.15) is 0 Å². The fourth-order valence-electron chi connectivity index (χ4n) is 1.79. The number of carbonyl (C=O) groups excluding carboxylic acids is 1. The van der Waals surface area contributed by atoms with Gasteiger partial charge in [0.05, 0.1) is 5.25 Å². The molecule has 2 unspecified atom stereocenters. The number of halogens is 1. The maximum Gasteiger partial charge on any atom is 0.233 e. The molecule has 0 aromatic heterocycles. The predicted molar refractivity (Wildman–Crippen MR) is 85.3 cm³/mol. The van der Waals surface area contributed by atoms with E-state index >= 15 is 0 Å². The summed E-state index contributed by atoms with van der Waals surface area (Å²) in [6, 6.07) is 7.47. The number of amides is 1. The van der Waals surface area contributed by atoms with Crippen molar-refractivity contribution in [2.45, 2.75) is 36.8 Å². The van der Waals surface area contributed by atoms with Crippen LogP contribution in [-0.2, 0) is 4.79 Å². The van der Waals surface area contributed by atoms with E-state index in [1.165, 1.54) is 11.8 Å². The number of rotatable bonds is 8. The van der Waals surface area contributed by atoms with Crippen LogP contribution < -0.4 is 5.32 Å². The van der Waals surface area contributed by atoms with Crippen LogP contribution in [0.1, 0.15) is 26.7 Å². The number of thioether (sulfide) groups is 1. The summed E-state index contributed by atoms with van der Waals surface area (Å²) in [5, 5.41) is 12.4. The van der Waals surface area contributed by atoms with Gasteiger partial charge in [0.1, 0.15) is 0 Å². The average Bonchev–Trinajstić information content (AvgIpc) is 2.45. The van der Waals surface area contributed by atoms with E-state index in [4.69, 9.17) is 16.7 Å². The Kier molecular flexibility index (Phi) is 8.04. The Bertz CT molecular complexity index is 411. The molecule has 0 heterocycles. The monoisotopic (exact) mass is 315 g/mol. The van der Waals surface area contributed by atoms with Crippen molar-refractivity contribution < 1.29 is 9.90 Å². The maximum absolute atomic E-state index is 12.0. The molecule has 0 aliphatic carbocycles. The van der Waals surface area contributed by atoms with Gasteiger partial charge in [0.25, 0.3) is 0 Å². The second-order valence-corrected chi connectivity index (χ2v) is 6.60. The molecule has 112 valence electrons. The van der Waals surface area contributed by atoms with Crippen LogP contribution in [0.4, 0.5) is 0 Å². The first-order chi connectivity index (χ1) is 9.56. The van der Waals surface area contributed by atoms with E-state index in [0.29, 0.717) is 17.5 Å². The first-order valence-corrected chi connectivity index (χ1v) is 8.13. The molecule has 0 fully saturated rings. The summed E-state index contributed by atoms with van der Waals surface area (Å²) in [4.78, 5) is 13.0. The third kappa shape index (κ3) is 6.16. The highest BCUT2D eigenvalue weighted by atomic mass is 35.5. The Balaban J connectivity index is 2.40. The van der Waals surface area contributed by atoms with Crippen molar-refractivity contribution in [2.24, 2.45) is 5.92 Å². The Labute approximate surface area is 130 Å². The minimum absolute atomic E-state index is 0.0290. The molecule has 1 aromatic carbocycles. The number of nitrogens with one attached hydrogen (secondary N) is 1. The second-order valence-electron chi connectivity index (χ2n) is 4.75. The van der Waals surface area contributed by atoms with Gasteiger partial charge >= 0.3 is 0 Å². The summed E-state index contributed by atoms with van der Waals surface area (Å²) < 4.78 is 0. The summed E-state index contributed by atoms with van der Waals surface area (Å²) >= 11 is 7.34. The second kappa shape index (κ2) is 9.27. The van der Waals surface area contributed by atoms with Gasteiger partial charge in [-0.1, -0.05) is 24.9 Å². The lowest BCUT2D eigenvalue weighted by molar-refractivity contribution is -0.120. The molecule has 0 radical (unpaired) electrons. The highest BCUT2D eigenvalue weighted by molar-refractivity contribution is 8.00. The molecule has 0 bridgehead atoms. The molecule has 0 aliphatic rings. The molecule has 5 heteroatoms. The normalized spacial score (nSPS) is 13.8. The first kappa shape index (κ1) is 17.3. The van der Waals surface area contributed by atoms with Crippen molar-refractivity contribution in [3.8, 4) is 0 Å². The number of aliphatic hydroxyl groups is 1. The number of aliphatic hydroxyl groups excluding tert-OH is 1. The molecule has 20 heavy (non-hydrogen) atoms. The molecule has 1 rings (SSSR count). The average molecular weight is 316 g/mol. The largest absolute Gasteiger partial charge is 0.396 e. The van der Waals surface area contributed by atoms with Crippen molar-refractivity contribution in [1.29, 1.82) is 0 Å². The van der Waals surface area contributed by atoms with Crippen molar-refractivity contribution in [2.75, 3.05) is 13.2 Å². The number of carbonyl (C=O) groups is 1. The van der Waals surface area contributed by atoms with Gasteiger partial charge in [-0.25, -0.2) is 0 Å². The highest BCUT2D eigenvalue weighted by Gasteiger charge is 2.15. The molecule has 2 atom stereocenters. The Morgan fingerprint density at radius 2 is 2.05 bits per heavy atom. The molecule has 0 aliphatic heterocycles. The summed E-state index contributed by atoms with van der Waals surface area (Å²) in [6.45, 7) is 4.75. The van der Waals surface area contributed by atoms with Gasteiger partial charge in [0.2, 0.25) is 5.91 Å².